The van der Waals surface area contributed by atoms with Gasteiger partial charge in [0.2, 0.25) is 11.3 Å². The molecule has 2 aromatic rings. The van der Waals surface area contributed by atoms with Crippen LogP contribution in [0.4, 0.5) is 11.4 Å². The van der Waals surface area contributed by atoms with Crippen LogP contribution in [0.5, 0.6) is 0 Å². The average Bonchev–Trinajstić information content (AvgIpc) is 3.50. The standard InChI is InChI=1S/C24H31ClN4O4/c1-4-33-24(32)17-12-29(15-7-8-15)21-16(23(17)31)10-18(26)22(20(21)25)28-9-5-6-19(28)13(2)11-27-14(3)30/h10,12-13,15,19H,4-9,11,26H2,1-3H3,(H,27,30). The molecule has 1 saturated heterocycles. The van der Waals surface area contributed by atoms with Crippen LogP contribution in [0, 0.1) is 5.92 Å². The maximum atomic E-state index is 13.2. The highest BCUT2D eigenvalue weighted by atomic mass is 35.5. The molecule has 2 aliphatic rings. The lowest BCUT2D eigenvalue weighted by molar-refractivity contribution is -0.119. The molecule has 8 nitrogen and oxygen atoms in total. The minimum absolute atomic E-state index is 0.00226. The predicted molar refractivity (Wildman–Crippen MR) is 130 cm³/mol. The number of carbonyl (C=O) groups is 2. The number of aromatic nitrogens is 1. The van der Waals surface area contributed by atoms with Crippen molar-refractivity contribution in [3.05, 3.63) is 33.1 Å². The summed E-state index contributed by atoms with van der Waals surface area (Å²) in [7, 11) is 0. The number of halogens is 1. The van der Waals surface area contributed by atoms with Gasteiger partial charge in [-0.2, -0.15) is 0 Å². The number of carbonyl (C=O) groups excluding carboxylic acids is 2. The Labute approximate surface area is 198 Å². The lowest BCUT2D eigenvalue weighted by atomic mass is 9.98. The van der Waals surface area contributed by atoms with Gasteiger partial charge in [-0.15, -0.1) is 0 Å². The Kier molecular flexibility index (Phi) is 6.56. The van der Waals surface area contributed by atoms with E-state index in [9.17, 15) is 14.4 Å². The first kappa shape index (κ1) is 23.4. The van der Waals surface area contributed by atoms with Crippen molar-refractivity contribution in [3.8, 4) is 0 Å². The van der Waals surface area contributed by atoms with Crippen LogP contribution in [0.25, 0.3) is 10.9 Å². The monoisotopic (exact) mass is 474 g/mol. The number of nitrogen functional groups attached to an aromatic ring is 1. The minimum Gasteiger partial charge on any atom is -0.462 e. The van der Waals surface area contributed by atoms with Gasteiger partial charge in [0.15, 0.2) is 0 Å². The highest BCUT2D eigenvalue weighted by molar-refractivity contribution is 6.38. The topological polar surface area (TPSA) is 107 Å². The maximum absolute atomic E-state index is 13.2. The summed E-state index contributed by atoms with van der Waals surface area (Å²) in [5.74, 6) is -0.496. The molecule has 2 fully saturated rings. The van der Waals surface area contributed by atoms with Crippen LogP contribution in [-0.2, 0) is 9.53 Å². The van der Waals surface area contributed by atoms with Crippen molar-refractivity contribution in [2.24, 2.45) is 5.92 Å². The molecule has 1 aromatic heterocycles. The van der Waals surface area contributed by atoms with Gasteiger partial charge in [0.1, 0.15) is 5.56 Å². The normalized spacial score (nSPS) is 19.0. The number of pyridine rings is 1. The van der Waals surface area contributed by atoms with Gasteiger partial charge in [0.25, 0.3) is 0 Å². The number of nitrogens with zero attached hydrogens (tertiary/aromatic N) is 2. The SMILES string of the molecule is CCOC(=O)c1cn(C2CC2)c2c(Cl)c(N3CCCC3C(C)CNC(C)=O)c(N)cc2c1=O. The van der Waals surface area contributed by atoms with E-state index >= 15 is 0 Å². The predicted octanol–water partition coefficient (Wildman–Crippen LogP) is 3.49. The van der Waals surface area contributed by atoms with Crippen molar-refractivity contribution >= 4 is 45.8 Å². The quantitative estimate of drug-likeness (QED) is 0.470. The van der Waals surface area contributed by atoms with E-state index in [1.165, 1.54) is 6.92 Å². The van der Waals surface area contributed by atoms with E-state index < -0.39 is 11.4 Å². The number of benzene rings is 1. The van der Waals surface area contributed by atoms with Crippen molar-refractivity contribution in [1.29, 1.82) is 0 Å². The van der Waals surface area contributed by atoms with Gasteiger partial charge in [-0.1, -0.05) is 18.5 Å². The van der Waals surface area contributed by atoms with E-state index in [0.717, 1.165) is 37.9 Å². The first-order valence-electron chi connectivity index (χ1n) is 11.6. The zero-order chi connectivity index (χ0) is 23.9. The average molecular weight is 475 g/mol. The Bertz CT molecular complexity index is 1160. The smallest absolute Gasteiger partial charge is 0.343 e. The Morgan fingerprint density at radius 1 is 1.33 bits per heavy atom. The van der Waals surface area contributed by atoms with Crippen molar-refractivity contribution < 1.29 is 14.3 Å². The summed E-state index contributed by atoms with van der Waals surface area (Å²) in [6, 6.07) is 1.99. The van der Waals surface area contributed by atoms with Crippen LogP contribution in [0.3, 0.4) is 0 Å². The fourth-order valence-electron chi connectivity index (χ4n) is 4.87. The summed E-state index contributed by atoms with van der Waals surface area (Å²) in [4.78, 5) is 39.3. The Morgan fingerprint density at radius 2 is 2.06 bits per heavy atom. The molecule has 2 heterocycles. The van der Waals surface area contributed by atoms with E-state index in [4.69, 9.17) is 22.1 Å². The largest absolute Gasteiger partial charge is 0.462 e. The first-order valence-corrected chi connectivity index (χ1v) is 12.0. The number of fused-ring (bicyclic) bond motifs is 1. The molecular formula is C24H31ClN4O4. The number of nitrogens with one attached hydrogen (secondary N) is 1. The third-order valence-corrected chi connectivity index (χ3v) is 6.97. The summed E-state index contributed by atoms with van der Waals surface area (Å²) >= 11 is 7.00. The zero-order valence-electron chi connectivity index (χ0n) is 19.3. The second-order valence-electron chi connectivity index (χ2n) is 9.07. The third kappa shape index (κ3) is 4.40. The Balaban J connectivity index is 1.83. The molecular weight excluding hydrogens is 444 g/mol. The number of ether oxygens (including phenoxy) is 1. The highest BCUT2D eigenvalue weighted by Gasteiger charge is 2.34. The van der Waals surface area contributed by atoms with Crippen molar-refractivity contribution in [2.45, 2.75) is 58.5 Å². The molecule has 1 aromatic carbocycles. The molecule has 178 valence electrons. The third-order valence-electron chi connectivity index (χ3n) is 6.61. The molecule has 1 amide bonds. The molecule has 33 heavy (non-hydrogen) atoms. The van der Waals surface area contributed by atoms with Crippen molar-refractivity contribution in [1.82, 2.24) is 9.88 Å². The molecule has 2 atom stereocenters. The fourth-order valence-corrected chi connectivity index (χ4v) is 5.29. The molecule has 0 radical (unpaired) electrons. The van der Waals surface area contributed by atoms with E-state index in [1.54, 1.807) is 19.2 Å². The number of amides is 1. The molecule has 0 bridgehead atoms. The summed E-state index contributed by atoms with van der Waals surface area (Å²) in [6.07, 6.45) is 5.45. The van der Waals surface area contributed by atoms with E-state index in [1.807, 2.05) is 4.57 Å². The Morgan fingerprint density at radius 3 is 2.70 bits per heavy atom. The summed E-state index contributed by atoms with van der Waals surface area (Å²) in [6.45, 7) is 6.87. The second kappa shape index (κ2) is 9.25. The van der Waals surface area contributed by atoms with Crippen LogP contribution in [0.1, 0.15) is 62.9 Å². The van der Waals surface area contributed by atoms with Gasteiger partial charge in [-0.3, -0.25) is 9.59 Å². The summed E-state index contributed by atoms with van der Waals surface area (Å²) < 4.78 is 7.05. The lowest BCUT2D eigenvalue weighted by Gasteiger charge is -2.33. The molecule has 2 unspecified atom stereocenters. The van der Waals surface area contributed by atoms with E-state index in [0.29, 0.717) is 28.2 Å². The van der Waals surface area contributed by atoms with Gasteiger partial charge in [-0.25, -0.2) is 4.79 Å². The molecule has 9 heteroatoms. The maximum Gasteiger partial charge on any atom is 0.343 e. The number of anilines is 2. The first-order chi connectivity index (χ1) is 15.7. The number of rotatable bonds is 7. The highest BCUT2D eigenvalue weighted by Crippen LogP contribution is 2.45. The van der Waals surface area contributed by atoms with Crippen LogP contribution in [-0.4, -0.2) is 42.2 Å². The van der Waals surface area contributed by atoms with Gasteiger partial charge < -0.3 is 25.3 Å². The lowest BCUT2D eigenvalue weighted by Crippen LogP contribution is -2.40. The van der Waals surface area contributed by atoms with Crippen molar-refractivity contribution in [2.75, 3.05) is 30.3 Å². The van der Waals surface area contributed by atoms with Crippen LogP contribution < -0.4 is 21.4 Å². The number of nitrogens with two attached hydrogens (primary N) is 1. The Hall–Kier alpha value is -2.74. The van der Waals surface area contributed by atoms with Crippen molar-refractivity contribution in [3.63, 3.8) is 0 Å². The molecule has 1 aliphatic heterocycles. The van der Waals surface area contributed by atoms with Gasteiger partial charge in [-0.05, 0) is 44.6 Å². The van der Waals surface area contributed by atoms with E-state index in [-0.39, 0.29) is 36.1 Å². The molecule has 0 spiro atoms. The molecule has 4 rings (SSSR count). The number of hydrogen-bond donors (Lipinski definition) is 2. The van der Waals surface area contributed by atoms with Gasteiger partial charge >= 0.3 is 5.97 Å². The van der Waals surface area contributed by atoms with E-state index in [2.05, 4.69) is 17.1 Å². The number of esters is 1. The van der Waals surface area contributed by atoms with Gasteiger partial charge in [0.05, 0.1) is 33.9 Å². The summed E-state index contributed by atoms with van der Waals surface area (Å²) in [5, 5.41) is 3.67. The second-order valence-corrected chi connectivity index (χ2v) is 9.45. The molecule has 3 N–H and O–H groups in total. The fraction of sp³-hybridized carbons (Fsp3) is 0.542. The van der Waals surface area contributed by atoms with Crippen LogP contribution in [0.2, 0.25) is 5.02 Å². The summed E-state index contributed by atoms with van der Waals surface area (Å²) in [5.41, 5.74) is 7.81. The number of hydrogen-bond acceptors (Lipinski definition) is 6. The van der Waals surface area contributed by atoms with Crippen LogP contribution >= 0.6 is 11.6 Å². The van der Waals surface area contributed by atoms with Crippen LogP contribution in [0.15, 0.2) is 17.1 Å². The molecule has 1 aliphatic carbocycles. The molecule has 1 saturated carbocycles. The minimum atomic E-state index is -0.635. The zero-order valence-corrected chi connectivity index (χ0v) is 20.1. The van der Waals surface area contributed by atoms with Gasteiger partial charge in [0, 0.05) is 38.3 Å².